The van der Waals surface area contributed by atoms with Crippen LogP contribution in [0.25, 0.3) is 10.8 Å². The van der Waals surface area contributed by atoms with Gasteiger partial charge in [0.1, 0.15) is 5.75 Å². The highest BCUT2D eigenvalue weighted by atomic mass is 35.5. The summed E-state index contributed by atoms with van der Waals surface area (Å²) in [5.74, 6) is -0.244. The largest absolute Gasteiger partial charge is 0.707 e. The fraction of sp³-hybridized carbons (Fsp3) is 0. The van der Waals surface area contributed by atoms with E-state index in [4.69, 9.17) is 21.6 Å². The molecular formula is C10H8BClO4. The highest BCUT2D eigenvalue weighted by Crippen LogP contribution is 2.38. The molecule has 16 heavy (non-hydrogen) atoms. The van der Waals surface area contributed by atoms with Crippen molar-refractivity contribution in [2.24, 2.45) is 0 Å². The molecular weight excluding hydrogens is 230 g/mol. The molecule has 0 saturated heterocycles. The van der Waals surface area contributed by atoms with Gasteiger partial charge in [-0.3, -0.25) is 0 Å². The zero-order valence-electron chi connectivity index (χ0n) is 8.09. The van der Waals surface area contributed by atoms with Gasteiger partial charge in [-0.25, -0.2) is 0 Å². The van der Waals surface area contributed by atoms with Gasteiger partial charge in [0, 0.05) is 5.39 Å². The van der Waals surface area contributed by atoms with Gasteiger partial charge in [0.05, 0.1) is 5.02 Å². The molecule has 2 aromatic rings. The van der Waals surface area contributed by atoms with E-state index in [0.29, 0.717) is 10.4 Å². The van der Waals surface area contributed by atoms with Crippen molar-refractivity contribution in [3.8, 4) is 11.5 Å². The van der Waals surface area contributed by atoms with E-state index in [1.54, 1.807) is 24.3 Å². The Morgan fingerprint density at radius 3 is 2.56 bits per heavy atom. The van der Waals surface area contributed by atoms with Gasteiger partial charge in [0.2, 0.25) is 0 Å². The molecule has 0 amide bonds. The number of benzene rings is 2. The van der Waals surface area contributed by atoms with Crippen LogP contribution in [-0.4, -0.2) is 22.5 Å². The Morgan fingerprint density at radius 1 is 1.12 bits per heavy atom. The lowest BCUT2D eigenvalue weighted by Gasteiger charge is -2.10. The molecule has 82 valence electrons. The summed E-state index contributed by atoms with van der Waals surface area (Å²) in [4.78, 5) is 0. The molecule has 6 heteroatoms. The Hall–Kier alpha value is -1.43. The van der Waals surface area contributed by atoms with Gasteiger partial charge >= 0.3 is 7.32 Å². The smallest absolute Gasteiger partial charge is 0.509 e. The van der Waals surface area contributed by atoms with E-state index in [0.717, 1.165) is 5.39 Å². The first-order valence-electron chi connectivity index (χ1n) is 4.52. The summed E-state index contributed by atoms with van der Waals surface area (Å²) in [5, 5.41) is 28.7. The monoisotopic (exact) mass is 238 g/mol. The number of fused-ring (bicyclic) bond motifs is 1. The highest BCUT2D eigenvalue weighted by Gasteiger charge is 2.16. The van der Waals surface area contributed by atoms with Crippen molar-refractivity contribution < 1.29 is 19.8 Å². The summed E-state index contributed by atoms with van der Waals surface area (Å²) >= 11 is 5.93. The van der Waals surface area contributed by atoms with Crippen molar-refractivity contribution in [2.45, 2.75) is 0 Å². The molecule has 0 fully saturated rings. The number of hydrogen-bond acceptors (Lipinski definition) is 4. The second kappa shape index (κ2) is 4.21. The number of rotatable bonds is 2. The molecule has 0 aliphatic carbocycles. The van der Waals surface area contributed by atoms with Crippen LogP contribution in [0.2, 0.25) is 5.02 Å². The first-order chi connectivity index (χ1) is 7.59. The highest BCUT2D eigenvalue weighted by molar-refractivity contribution is 6.36. The van der Waals surface area contributed by atoms with Gasteiger partial charge in [-0.15, -0.1) is 0 Å². The molecule has 4 nitrogen and oxygen atoms in total. The zero-order valence-corrected chi connectivity index (χ0v) is 8.85. The lowest BCUT2D eigenvalue weighted by Crippen LogP contribution is -2.20. The summed E-state index contributed by atoms with van der Waals surface area (Å²) in [6.07, 6.45) is 0. The number of halogens is 1. The molecule has 0 atom stereocenters. The summed E-state index contributed by atoms with van der Waals surface area (Å²) in [5.41, 5.74) is 0. The van der Waals surface area contributed by atoms with Crippen LogP contribution in [0.3, 0.4) is 0 Å². The molecule has 0 heterocycles. The Balaban J connectivity index is 2.64. The second-order valence-electron chi connectivity index (χ2n) is 3.19. The van der Waals surface area contributed by atoms with E-state index in [1.165, 1.54) is 6.07 Å². The molecule has 2 aromatic carbocycles. The normalized spacial score (nSPS) is 10.4. The van der Waals surface area contributed by atoms with Crippen LogP contribution in [0.1, 0.15) is 0 Å². The molecule has 0 aliphatic rings. The van der Waals surface area contributed by atoms with Crippen LogP contribution >= 0.6 is 11.6 Å². The van der Waals surface area contributed by atoms with Crippen LogP contribution in [-0.2, 0) is 0 Å². The number of hydrogen-bond donors (Lipinski definition) is 3. The van der Waals surface area contributed by atoms with Crippen LogP contribution in [0.15, 0.2) is 30.3 Å². The first-order valence-corrected chi connectivity index (χ1v) is 4.90. The number of aromatic hydroxyl groups is 1. The Morgan fingerprint density at radius 2 is 1.88 bits per heavy atom. The number of phenols is 1. The summed E-state index contributed by atoms with van der Waals surface area (Å²) in [7, 11) is -1.98. The molecule has 0 radical (unpaired) electrons. The Labute approximate surface area is 96.8 Å². The Kier molecular flexibility index (Phi) is 2.91. The van der Waals surface area contributed by atoms with Crippen molar-refractivity contribution in [3.05, 3.63) is 35.4 Å². The first kappa shape index (κ1) is 11.1. The molecule has 0 aliphatic heterocycles. The van der Waals surface area contributed by atoms with E-state index in [1.807, 2.05) is 0 Å². The SMILES string of the molecule is OB(O)Oc1ccc2cccc(Cl)c2c1O. The zero-order chi connectivity index (χ0) is 11.7. The molecule has 0 spiro atoms. The van der Waals surface area contributed by atoms with Gasteiger partial charge in [-0.2, -0.15) is 0 Å². The molecule has 3 N–H and O–H groups in total. The van der Waals surface area contributed by atoms with Gasteiger partial charge in [0.15, 0.2) is 5.75 Å². The van der Waals surface area contributed by atoms with E-state index in [-0.39, 0.29) is 11.5 Å². The van der Waals surface area contributed by atoms with Gasteiger partial charge < -0.3 is 19.8 Å². The van der Waals surface area contributed by atoms with Crippen LogP contribution < -0.4 is 4.65 Å². The van der Waals surface area contributed by atoms with Crippen LogP contribution in [0.5, 0.6) is 11.5 Å². The predicted molar refractivity (Wildman–Crippen MR) is 61.4 cm³/mol. The van der Waals surface area contributed by atoms with Crippen molar-refractivity contribution in [1.29, 1.82) is 0 Å². The third kappa shape index (κ3) is 1.93. The topological polar surface area (TPSA) is 69.9 Å². The van der Waals surface area contributed by atoms with Crippen LogP contribution in [0.4, 0.5) is 0 Å². The lowest BCUT2D eigenvalue weighted by molar-refractivity contribution is 0.282. The summed E-state index contributed by atoms with van der Waals surface area (Å²) < 4.78 is 4.61. The molecule has 2 rings (SSSR count). The maximum Gasteiger partial charge on any atom is 0.707 e. The fourth-order valence-corrected chi connectivity index (χ4v) is 1.78. The minimum atomic E-state index is -1.98. The van der Waals surface area contributed by atoms with Crippen LogP contribution in [0, 0.1) is 0 Å². The average molecular weight is 238 g/mol. The van der Waals surface area contributed by atoms with E-state index in [9.17, 15) is 5.11 Å². The maximum atomic E-state index is 9.85. The molecule has 0 bridgehead atoms. The van der Waals surface area contributed by atoms with E-state index < -0.39 is 7.32 Å². The molecule has 0 aromatic heterocycles. The average Bonchev–Trinajstić information content (AvgIpc) is 2.22. The van der Waals surface area contributed by atoms with Gasteiger partial charge in [0.25, 0.3) is 0 Å². The van der Waals surface area contributed by atoms with Crippen molar-refractivity contribution in [3.63, 3.8) is 0 Å². The van der Waals surface area contributed by atoms with Crippen molar-refractivity contribution in [1.82, 2.24) is 0 Å². The number of phenolic OH excluding ortho intramolecular Hbond substituents is 1. The third-order valence-electron chi connectivity index (χ3n) is 2.16. The van der Waals surface area contributed by atoms with Crippen molar-refractivity contribution in [2.75, 3.05) is 0 Å². The van der Waals surface area contributed by atoms with E-state index in [2.05, 4.69) is 4.65 Å². The summed E-state index contributed by atoms with van der Waals surface area (Å²) in [6.45, 7) is 0. The Bertz CT molecular complexity index is 529. The minimum absolute atomic E-state index is 0.0319. The second-order valence-corrected chi connectivity index (χ2v) is 3.60. The predicted octanol–water partition coefficient (Wildman–Crippen LogP) is 1.55. The maximum absolute atomic E-state index is 9.85. The van der Waals surface area contributed by atoms with Gasteiger partial charge in [-0.1, -0.05) is 29.8 Å². The van der Waals surface area contributed by atoms with Crippen molar-refractivity contribution >= 4 is 29.7 Å². The lowest BCUT2D eigenvalue weighted by atomic mass is 10.1. The fourth-order valence-electron chi connectivity index (χ4n) is 1.51. The standard InChI is InChI=1S/C10H8BClO4/c12-7-3-1-2-6-4-5-8(16-11(14)15)10(13)9(6)7/h1-5,13-15H. The minimum Gasteiger partial charge on any atom is -0.509 e. The molecule has 0 saturated carbocycles. The van der Waals surface area contributed by atoms with E-state index >= 15 is 0 Å². The third-order valence-corrected chi connectivity index (χ3v) is 2.48. The molecule has 0 unspecified atom stereocenters. The summed E-state index contributed by atoms with van der Waals surface area (Å²) in [6, 6.07) is 8.26. The quantitative estimate of drug-likeness (QED) is 0.694. The van der Waals surface area contributed by atoms with Gasteiger partial charge in [-0.05, 0) is 17.5 Å².